The van der Waals surface area contributed by atoms with Crippen molar-refractivity contribution in [2.24, 2.45) is 16.3 Å². The Labute approximate surface area is 188 Å². The number of oxime groups is 1. The topological polar surface area (TPSA) is 203 Å². The molecule has 0 saturated carbocycles. The Bertz CT molecular complexity index is 983. The van der Waals surface area contributed by atoms with Gasteiger partial charge in [0, 0.05) is 17.7 Å². The van der Waals surface area contributed by atoms with E-state index in [2.05, 4.69) is 25.5 Å². The highest BCUT2D eigenvalue weighted by molar-refractivity contribution is 8.00. The van der Waals surface area contributed by atoms with Crippen LogP contribution in [0.15, 0.2) is 10.5 Å². The molecule has 14 nitrogen and oxygen atoms in total. The summed E-state index contributed by atoms with van der Waals surface area (Å²) in [5, 5.41) is 19.4. The fraction of sp³-hybridized carbons (Fsp3) is 0.438. The number of nitrogens with zero attached hydrogens (tertiary/aromatic N) is 3. The summed E-state index contributed by atoms with van der Waals surface area (Å²) in [5.41, 5.74) is 3.35. The van der Waals surface area contributed by atoms with E-state index in [0.29, 0.717) is 6.41 Å². The van der Waals surface area contributed by atoms with Crippen molar-refractivity contribution in [3.05, 3.63) is 11.1 Å². The molecule has 3 heterocycles. The molecule has 5 N–H and O–H groups in total. The molecule has 2 saturated heterocycles. The number of thioether (sulfide) groups is 1. The van der Waals surface area contributed by atoms with Crippen molar-refractivity contribution in [3.8, 4) is 0 Å². The van der Waals surface area contributed by atoms with Gasteiger partial charge in [0.15, 0.2) is 10.8 Å². The predicted molar refractivity (Wildman–Crippen MR) is 111 cm³/mol. The first-order valence-electron chi connectivity index (χ1n) is 8.88. The number of carboxylic acid groups (broad SMARTS) is 1. The van der Waals surface area contributed by atoms with Gasteiger partial charge in [-0.2, -0.15) is 0 Å². The van der Waals surface area contributed by atoms with Crippen LogP contribution in [0.3, 0.4) is 0 Å². The lowest BCUT2D eigenvalue weighted by molar-refractivity contribution is -0.160. The summed E-state index contributed by atoms with van der Waals surface area (Å²) >= 11 is 2.19. The number of carbonyl (C=O) groups excluding carboxylic acids is 4. The van der Waals surface area contributed by atoms with Crippen LogP contribution in [0.5, 0.6) is 0 Å². The largest absolute Gasteiger partial charge is 0.481 e. The maximum absolute atomic E-state index is 12.7. The van der Waals surface area contributed by atoms with E-state index in [1.807, 2.05) is 0 Å². The minimum absolute atomic E-state index is 0.0300. The Morgan fingerprint density at radius 3 is 2.88 bits per heavy atom. The van der Waals surface area contributed by atoms with Crippen LogP contribution in [0.25, 0.3) is 0 Å². The zero-order chi connectivity index (χ0) is 23.5. The van der Waals surface area contributed by atoms with Crippen LogP contribution in [0, 0.1) is 5.41 Å². The number of hydrogen-bond acceptors (Lipinski definition) is 11. The van der Waals surface area contributed by atoms with Gasteiger partial charge >= 0.3 is 12.1 Å². The van der Waals surface area contributed by atoms with Crippen LogP contribution in [-0.4, -0.2) is 88.4 Å². The molecule has 0 aromatic carbocycles. The lowest BCUT2D eigenvalue weighted by Gasteiger charge is -2.53. The second-order valence-electron chi connectivity index (χ2n) is 6.73. The molecule has 172 valence electrons. The van der Waals surface area contributed by atoms with Gasteiger partial charge in [-0.05, 0) is 0 Å². The zero-order valence-corrected chi connectivity index (χ0v) is 18.1. The zero-order valence-electron chi connectivity index (χ0n) is 16.5. The first kappa shape index (κ1) is 23.3. The molecule has 3 rings (SSSR count). The molecule has 1 aromatic rings. The van der Waals surface area contributed by atoms with Crippen molar-refractivity contribution in [3.63, 3.8) is 0 Å². The van der Waals surface area contributed by atoms with Crippen LogP contribution >= 0.6 is 23.1 Å². The van der Waals surface area contributed by atoms with Gasteiger partial charge in [0.25, 0.3) is 5.91 Å². The number of nitrogens with two attached hydrogens (primary N) is 1. The SMILES string of the molecule is CON=C(C(=O)NC1C(=O)N2CC(COC(N)=O)(C(=O)O)CS[C@H]12)c1csc(NC=O)n1. The number of aliphatic carboxylic acids is 1. The Morgan fingerprint density at radius 1 is 1.50 bits per heavy atom. The number of nitrogens with one attached hydrogen (secondary N) is 2. The van der Waals surface area contributed by atoms with E-state index in [0.717, 1.165) is 23.1 Å². The first-order valence-corrected chi connectivity index (χ1v) is 10.8. The Morgan fingerprint density at radius 2 is 2.25 bits per heavy atom. The summed E-state index contributed by atoms with van der Waals surface area (Å²) in [4.78, 5) is 68.6. The third-order valence-electron chi connectivity index (χ3n) is 4.70. The van der Waals surface area contributed by atoms with Gasteiger partial charge in [-0.1, -0.05) is 5.16 Å². The second-order valence-corrected chi connectivity index (χ2v) is 8.70. The number of fused-ring (bicyclic) bond motifs is 1. The number of thiazole rings is 1. The van der Waals surface area contributed by atoms with E-state index in [1.165, 1.54) is 17.4 Å². The van der Waals surface area contributed by atoms with Gasteiger partial charge in [-0.25, -0.2) is 9.78 Å². The molecule has 2 unspecified atom stereocenters. The van der Waals surface area contributed by atoms with Gasteiger partial charge in [0.1, 0.15) is 36.2 Å². The minimum atomic E-state index is -1.51. The van der Waals surface area contributed by atoms with Crippen LogP contribution in [0.1, 0.15) is 5.69 Å². The Hall–Kier alpha value is -3.40. The molecule has 4 amide bonds. The molecule has 0 bridgehead atoms. The third-order valence-corrected chi connectivity index (χ3v) is 7.06. The van der Waals surface area contributed by atoms with Crippen molar-refractivity contribution < 1.29 is 38.7 Å². The molecule has 2 fully saturated rings. The predicted octanol–water partition coefficient (Wildman–Crippen LogP) is -1.37. The summed E-state index contributed by atoms with van der Waals surface area (Å²) < 4.78 is 4.68. The Balaban J connectivity index is 1.69. The minimum Gasteiger partial charge on any atom is -0.481 e. The number of amides is 4. The van der Waals surface area contributed by atoms with Crippen LogP contribution in [0.2, 0.25) is 0 Å². The van der Waals surface area contributed by atoms with Crippen molar-refractivity contribution in [1.29, 1.82) is 0 Å². The fourth-order valence-electron chi connectivity index (χ4n) is 3.12. The molecular weight excluding hydrogens is 468 g/mol. The fourth-order valence-corrected chi connectivity index (χ4v) is 5.30. The number of carbonyl (C=O) groups is 5. The van der Waals surface area contributed by atoms with E-state index < -0.39 is 47.3 Å². The molecular formula is C16H18N6O8S2. The van der Waals surface area contributed by atoms with Crippen LogP contribution < -0.4 is 16.4 Å². The lowest BCUT2D eigenvalue weighted by atomic mass is 9.88. The lowest BCUT2D eigenvalue weighted by Crippen LogP contribution is -2.74. The normalized spacial score (nSPS) is 24.6. The maximum atomic E-state index is 12.7. The average Bonchev–Trinajstić information content (AvgIpc) is 3.22. The summed E-state index contributed by atoms with van der Waals surface area (Å²) in [6.07, 6.45) is -0.681. The number of hydrogen-bond donors (Lipinski definition) is 4. The van der Waals surface area contributed by atoms with Crippen LogP contribution in [0.4, 0.5) is 9.93 Å². The number of anilines is 1. The molecule has 0 radical (unpaired) electrons. The molecule has 1 aromatic heterocycles. The Kier molecular flexibility index (Phi) is 6.83. The van der Waals surface area contributed by atoms with Crippen molar-refractivity contribution in [2.75, 3.05) is 31.3 Å². The van der Waals surface area contributed by atoms with Gasteiger partial charge in [-0.3, -0.25) is 19.2 Å². The van der Waals surface area contributed by atoms with Crippen LogP contribution in [-0.2, 0) is 28.8 Å². The monoisotopic (exact) mass is 486 g/mol. The maximum Gasteiger partial charge on any atom is 0.404 e. The first-order chi connectivity index (χ1) is 15.2. The van der Waals surface area contributed by atoms with E-state index in [-0.39, 0.29) is 28.8 Å². The van der Waals surface area contributed by atoms with Crippen molar-refractivity contribution in [1.82, 2.24) is 15.2 Å². The number of β-lactam (4-membered cyclic amide) rings is 1. The highest BCUT2D eigenvalue weighted by Gasteiger charge is 2.58. The number of ether oxygens (including phenoxy) is 1. The second kappa shape index (κ2) is 9.39. The summed E-state index contributed by atoms with van der Waals surface area (Å²) in [6.45, 7) is -0.686. The van der Waals surface area contributed by atoms with E-state index in [4.69, 9.17) is 10.6 Å². The quantitative estimate of drug-likeness (QED) is 0.139. The molecule has 0 aliphatic carbocycles. The summed E-state index contributed by atoms with van der Waals surface area (Å²) in [7, 11) is 1.23. The van der Waals surface area contributed by atoms with Gasteiger partial charge in [0.05, 0.1) is 0 Å². The number of carboxylic acids is 1. The molecule has 0 spiro atoms. The van der Waals surface area contributed by atoms with Gasteiger partial charge in [0.2, 0.25) is 12.3 Å². The molecule has 2 aliphatic heterocycles. The smallest absolute Gasteiger partial charge is 0.404 e. The van der Waals surface area contributed by atoms with Crippen molar-refractivity contribution >= 4 is 64.2 Å². The molecule has 3 atom stereocenters. The number of aromatic nitrogens is 1. The molecule has 2 aliphatic rings. The molecule has 32 heavy (non-hydrogen) atoms. The highest BCUT2D eigenvalue weighted by atomic mass is 32.2. The number of rotatable bonds is 9. The average molecular weight is 486 g/mol. The number of primary amides is 1. The summed E-state index contributed by atoms with van der Waals surface area (Å²) in [6, 6.07) is -0.926. The molecule has 16 heteroatoms. The standard InChI is InChI=1S/C16H18N6O8S2/c1-29-21-8(7-2-31-15(19-7)18-6-23)10(24)20-9-11(25)22-3-16(13(26)27,4-30-14(17)28)5-32-12(9)22/h2,6,9,12H,3-5H2,1H3,(H2,17,28)(H,20,24)(H,26,27)(H,18,19,23)/t9?,12-,16?/m1/s1. The van der Waals surface area contributed by atoms with Gasteiger partial charge in [-0.15, -0.1) is 23.1 Å². The van der Waals surface area contributed by atoms with Crippen molar-refractivity contribution in [2.45, 2.75) is 11.4 Å². The van der Waals surface area contributed by atoms with E-state index in [1.54, 1.807) is 0 Å². The van der Waals surface area contributed by atoms with E-state index in [9.17, 15) is 29.1 Å². The highest BCUT2D eigenvalue weighted by Crippen LogP contribution is 2.42. The third kappa shape index (κ3) is 4.45. The van der Waals surface area contributed by atoms with Gasteiger partial charge < -0.3 is 35.9 Å². The van der Waals surface area contributed by atoms with E-state index >= 15 is 0 Å². The summed E-state index contributed by atoms with van der Waals surface area (Å²) in [5.74, 6) is -2.44.